The van der Waals surface area contributed by atoms with Crippen molar-refractivity contribution in [3.63, 3.8) is 0 Å². The second-order valence-electron chi connectivity index (χ2n) is 5.04. The van der Waals surface area contributed by atoms with Crippen LogP contribution in [0.1, 0.15) is 18.0 Å². The van der Waals surface area contributed by atoms with Crippen molar-refractivity contribution in [3.05, 3.63) is 59.9 Å². The molecule has 0 saturated heterocycles. The standard InChI is InChI=1S/C17H16FNO3/c18-12-5-7-13(8-6-12)22-11-17(20)19-15-9-10-21-16-4-2-1-3-14(15)16/h1-8,15H,9-11H2,(H,19,20)/t15-/m0/s1. The minimum atomic E-state index is -0.337. The molecule has 1 amide bonds. The molecule has 4 nitrogen and oxygen atoms in total. The van der Waals surface area contributed by atoms with E-state index in [-0.39, 0.29) is 24.4 Å². The first-order valence-electron chi connectivity index (χ1n) is 7.12. The van der Waals surface area contributed by atoms with E-state index in [1.165, 1.54) is 24.3 Å². The van der Waals surface area contributed by atoms with Gasteiger partial charge >= 0.3 is 0 Å². The van der Waals surface area contributed by atoms with Gasteiger partial charge in [-0.25, -0.2) is 4.39 Å². The predicted molar refractivity (Wildman–Crippen MR) is 79.3 cm³/mol. The van der Waals surface area contributed by atoms with Crippen molar-refractivity contribution in [2.24, 2.45) is 0 Å². The molecule has 0 fully saturated rings. The van der Waals surface area contributed by atoms with E-state index < -0.39 is 0 Å². The number of rotatable bonds is 4. The molecule has 1 heterocycles. The van der Waals surface area contributed by atoms with Crippen LogP contribution in [0.4, 0.5) is 4.39 Å². The summed E-state index contributed by atoms with van der Waals surface area (Å²) in [6, 6.07) is 13.2. The molecule has 0 spiro atoms. The molecule has 2 aromatic rings. The first kappa shape index (κ1) is 14.4. The lowest BCUT2D eigenvalue weighted by atomic mass is 10.0. The molecule has 1 atom stereocenters. The molecule has 0 bridgehead atoms. The molecule has 0 aliphatic carbocycles. The molecule has 3 rings (SSSR count). The van der Waals surface area contributed by atoms with Gasteiger partial charge in [0.05, 0.1) is 12.6 Å². The SMILES string of the molecule is O=C(COc1ccc(F)cc1)N[C@H]1CCOc2ccccc21. The molecule has 0 unspecified atom stereocenters. The van der Waals surface area contributed by atoms with Crippen LogP contribution in [0.3, 0.4) is 0 Å². The number of benzene rings is 2. The number of hydrogen-bond acceptors (Lipinski definition) is 3. The molecule has 0 radical (unpaired) electrons. The maximum atomic E-state index is 12.8. The van der Waals surface area contributed by atoms with Crippen LogP contribution in [-0.4, -0.2) is 19.1 Å². The minimum Gasteiger partial charge on any atom is -0.493 e. The van der Waals surface area contributed by atoms with Gasteiger partial charge < -0.3 is 14.8 Å². The van der Waals surface area contributed by atoms with Gasteiger partial charge in [-0.2, -0.15) is 0 Å². The fourth-order valence-electron chi connectivity index (χ4n) is 2.41. The topological polar surface area (TPSA) is 47.6 Å². The number of nitrogens with one attached hydrogen (secondary N) is 1. The fraction of sp³-hybridized carbons (Fsp3) is 0.235. The zero-order valence-electron chi connectivity index (χ0n) is 11.9. The van der Waals surface area contributed by atoms with E-state index in [1.807, 2.05) is 24.3 Å². The van der Waals surface area contributed by atoms with Gasteiger partial charge in [0.2, 0.25) is 0 Å². The molecule has 0 aromatic heterocycles. The number of para-hydroxylation sites is 1. The number of amides is 1. The van der Waals surface area contributed by atoms with Crippen molar-refractivity contribution >= 4 is 5.91 Å². The van der Waals surface area contributed by atoms with Crippen LogP contribution >= 0.6 is 0 Å². The van der Waals surface area contributed by atoms with Gasteiger partial charge in [0.1, 0.15) is 17.3 Å². The van der Waals surface area contributed by atoms with E-state index in [0.717, 1.165) is 17.7 Å². The normalized spacial score (nSPS) is 16.3. The Kier molecular flexibility index (Phi) is 4.23. The Morgan fingerprint density at radius 3 is 2.82 bits per heavy atom. The van der Waals surface area contributed by atoms with Gasteiger partial charge in [0, 0.05) is 12.0 Å². The van der Waals surface area contributed by atoms with Gasteiger partial charge in [0.25, 0.3) is 5.91 Å². The number of halogens is 1. The summed E-state index contributed by atoms with van der Waals surface area (Å²) in [6.45, 7) is 0.464. The highest BCUT2D eigenvalue weighted by molar-refractivity contribution is 5.78. The Balaban J connectivity index is 1.57. The Hall–Kier alpha value is -2.56. The number of fused-ring (bicyclic) bond motifs is 1. The number of carbonyl (C=O) groups is 1. The number of ether oxygens (including phenoxy) is 2. The first-order valence-corrected chi connectivity index (χ1v) is 7.12. The molecule has 114 valence electrons. The van der Waals surface area contributed by atoms with Crippen LogP contribution in [-0.2, 0) is 4.79 Å². The monoisotopic (exact) mass is 301 g/mol. The third-order valence-corrected chi connectivity index (χ3v) is 3.48. The quantitative estimate of drug-likeness (QED) is 0.944. The third-order valence-electron chi connectivity index (χ3n) is 3.48. The highest BCUT2D eigenvalue weighted by atomic mass is 19.1. The molecule has 5 heteroatoms. The second-order valence-corrected chi connectivity index (χ2v) is 5.04. The highest BCUT2D eigenvalue weighted by Crippen LogP contribution is 2.31. The van der Waals surface area contributed by atoms with Crippen LogP contribution in [0, 0.1) is 5.82 Å². The van der Waals surface area contributed by atoms with Crippen LogP contribution in [0.2, 0.25) is 0 Å². The average molecular weight is 301 g/mol. The molecule has 1 N–H and O–H groups in total. The van der Waals surface area contributed by atoms with Gasteiger partial charge in [-0.05, 0) is 30.3 Å². The van der Waals surface area contributed by atoms with Gasteiger partial charge in [-0.3, -0.25) is 4.79 Å². The summed E-state index contributed by atoms with van der Waals surface area (Å²) in [6.07, 6.45) is 0.722. The summed E-state index contributed by atoms with van der Waals surface area (Å²) < 4.78 is 23.7. The van der Waals surface area contributed by atoms with Gasteiger partial charge in [-0.1, -0.05) is 18.2 Å². The second kappa shape index (κ2) is 6.47. The van der Waals surface area contributed by atoms with Crippen LogP contribution in [0.15, 0.2) is 48.5 Å². The Labute approximate surface area is 127 Å². The highest BCUT2D eigenvalue weighted by Gasteiger charge is 2.22. The summed E-state index contributed by atoms with van der Waals surface area (Å²) in [7, 11) is 0. The predicted octanol–water partition coefficient (Wildman–Crippen LogP) is 2.84. The van der Waals surface area contributed by atoms with Crippen LogP contribution in [0.5, 0.6) is 11.5 Å². The largest absolute Gasteiger partial charge is 0.493 e. The minimum absolute atomic E-state index is 0.0748. The van der Waals surface area contributed by atoms with Gasteiger partial charge in [-0.15, -0.1) is 0 Å². The molecular formula is C17H16FNO3. The van der Waals surface area contributed by atoms with Crippen molar-refractivity contribution in [2.75, 3.05) is 13.2 Å². The molecule has 1 aliphatic rings. The average Bonchev–Trinajstić information content (AvgIpc) is 2.55. The fourth-order valence-corrected chi connectivity index (χ4v) is 2.41. The van der Waals surface area contributed by atoms with Gasteiger partial charge in [0.15, 0.2) is 6.61 Å². The van der Waals surface area contributed by atoms with Crippen molar-refractivity contribution in [1.29, 1.82) is 0 Å². The zero-order valence-corrected chi connectivity index (χ0v) is 11.9. The van der Waals surface area contributed by atoms with Crippen molar-refractivity contribution < 1.29 is 18.7 Å². The summed E-state index contributed by atoms with van der Waals surface area (Å²) in [5.41, 5.74) is 0.976. The lowest BCUT2D eigenvalue weighted by molar-refractivity contribution is -0.124. The Morgan fingerprint density at radius 1 is 1.23 bits per heavy atom. The smallest absolute Gasteiger partial charge is 0.258 e. The zero-order chi connectivity index (χ0) is 15.4. The van der Waals surface area contributed by atoms with E-state index >= 15 is 0 Å². The van der Waals surface area contributed by atoms with Crippen LogP contribution < -0.4 is 14.8 Å². The maximum Gasteiger partial charge on any atom is 0.258 e. The molecule has 0 saturated carbocycles. The lowest BCUT2D eigenvalue weighted by Gasteiger charge is -2.26. The first-order chi connectivity index (χ1) is 10.7. The van der Waals surface area contributed by atoms with Crippen molar-refractivity contribution in [2.45, 2.75) is 12.5 Å². The van der Waals surface area contributed by atoms with E-state index in [4.69, 9.17) is 9.47 Å². The molecule has 22 heavy (non-hydrogen) atoms. The van der Waals surface area contributed by atoms with Crippen molar-refractivity contribution in [1.82, 2.24) is 5.32 Å². The Bertz CT molecular complexity index is 657. The summed E-state index contributed by atoms with van der Waals surface area (Å²) >= 11 is 0. The van der Waals surface area contributed by atoms with Crippen LogP contribution in [0.25, 0.3) is 0 Å². The summed E-state index contributed by atoms with van der Waals surface area (Å²) in [4.78, 5) is 12.0. The molecule has 1 aliphatic heterocycles. The third kappa shape index (κ3) is 3.36. The summed E-state index contributed by atoms with van der Waals surface area (Å²) in [5, 5.41) is 2.94. The van der Waals surface area contributed by atoms with E-state index in [0.29, 0.717) is 12.4 Å². The summed E-state index contributed by atoms with van der Waals surface area (Å²) in [5.74, 6) is 0.712. The van der Waals surface area contributed by atoms with E-state index in [2.05, 4.69) is 5.32 Å². The number of carbonyl (C=O) groups excluding carboxylic acids is 1. The van der Waals surface area contributed by atoms with Crippen molar-refractivity contribution in [3.8, 4) is 11.5 Å². The molecule has 2 aromatic carbocycles. The molecular weight excluding hydrogens is 285 g/mol. The lowest BCUT2D eigenvalue weighted by Crippen LogP contribution is -2.35. The van der Waals surface area contributed by atoms with E-state index in [9.17, 15) is 9.18 Å². The number of hydrogen-bond donors (Lipinski definition) is 1. The van der Waals surface area contributed by atoms with E-state index in [1.54, 1.807) is 0 Å². The Morgan fingerprint density at radius 2 is 2.00 bits per heavy atom. The maximum absolute atomic E-state index is 12.8.